The maximum atomic E-state index is 9.55. The molecule has 0 saturated carbocycles. The molecule has 1 rings (SSSR count). The third-order valence-electron chi connectivity index (χ3n) is 3.41. The monoisotopic (exact) mass is 269 g/mol. The minimum absolute atomic E-state index is 0.471. The van der Waals surface area contributed by atoms with Gasteiger partial charge in [0, 0.05) is 13.1 Å². The van der Waals surface area contributed by atoms with Crippen LogP contribution in [0.25, 0.3) is 0 Å². The molecule has 0 aliphatic carbocycles. The Morgan fingerprint density at radius 3 is 2.39 bits per heavy atom. The molecule has 0 aliphatic heterocycles. The first-order valence-electron chi connectivity index (χ1n) is 6.72. The van der Waals surface area contributed by atoms with Crippen LogP contribution >= 0.6 is 11.6 Å². The molecule has 0 radical (unpaired) electrons. The standard InChI is InChI=1S/C15H24ClNO/c1-5-11(3)10-17(6-2)15-8-7-13(12(4)18)9-14(15)16/h7-9,11-12,18H,5-6,10H2,1-4H3/t11?,12-/m0/s1. The second kappa shape index (κ2) is 7.01. The molecule has 2 nitrogen and oxygen atoms in total. The highest BCUT2D eigenvalue weighted by molar-refractivity contribution is 6.33. The molecule has 0 fully saturated rings. The van der Waals surface area contributed by atoms with E-state index in [0.717, 1.165) is 29.4 Å². The van der Waals surface area contributed by atoms with Crippen LogP contribution in [0.3, 0.4) is 0 Å². The molecule has 2 atom stereocenters. The Morgan fingerprint density at radius 2 is 1.94 bits per heavy atom. The molecule has 102 valence electrons. The topological polar surface area (TPSA) is 23.5 Å². The van der Waals surface area contributed by atoms with Crippen molar-refractivity contribution in [2.45, 2.75) is 40.2 Å². The van der Waals surface area contributed by atoms with Gasteiger partial charge >= 0.3 is 0 Å². The van der Waals surface area contributed by atoms with Gasteiger partial charge in [-0.15, -0.1) is 0 Å². The molecule has 0 amide bonds. The van der Waals surface area contributed by atoms with Crippen molar-refractivity contribution < 1.29 is 5.11 Å². The summed E-state index contributed by atoms with van der Waals surface area (Å²) in [5.74, 6) is 0.650. The van der Waals surface area contributed by atoms with Crippen molar-refractivity contribution in [1.82, 2.24) is 0 Å². The Hall–Kier alpha value is -0.730. The first kappa shape index (κ1) is 15.3. The fraction of sp³-hybridized carbons (Fsp3) is 0.600. The van der Waals surface area contributed by atoms with Gasteiger partial charge in [-0.3, -0.25) is 0 Å². The zero-order valence-corrected chi connectivity index (χ0v) is 12.5. The maximum absolute atomic E-state index is 9.55. The Morgan fingerprint density at radius 1 is 1.28 bits per heavy atom. The van der Waals surface area contributed by atoms with E-state index in [9.17, 15) is 5.11 Å². The van der Waals surface area contributed by atoms with Gasteiger partial charge in [0.25, 0.3) is 0 Å². The van der Waals surface area contributed by atoms with Gasteiger partial charge in [0.2, 0.25) is 0 Å². The Bertz CT molecular complexity index is 379. The Labute approximate surface area is 116 Å². The highest BCUT2D eigenvalue weighted by atomic mass is 35.5. The fourth-order valence-corrected chi connectivity index (χ4v) is 2.25. The van der Waals surface area contributed by atoms with Crippen LogP contribution in [0, 0.1) is 5.92 Å². The summed E-state index contributed by atoms with van der Waals surface area (Å²) in [4.78, 5) is 2.29. The molecule has 1 aromatic carbocycles. The molecule has 0 saturated heterocycles. The van der Waals surface area contributed by atoms with Gasteiger partial charge in [-0.25, -0.2) is 0 Å². The van der Waals surface area contributed by atoms with Gasteiger partial charge in [0.05, 0.1) is 16.8 Å². The number of nitrogens with zero attached hydrogens (tertiary/aromatic N) is 1. The van der Waals surface area contributed by atoms with Crippen LogP contribution < -0.4 is 4.90 Å². The minimum atomic E-state index is -0.471. The minimum Gasteiger partial charge on any atom is -0.389 e. The largest absolute Gasteiger partial charge is 0.389 e. The zero-order valence-electron chi connectivity index (χ0n) is 11.8. The molecule has 1 aromatic rings. The number of hydrogen-bond acceptors (Lipinski definition) is 2. The lowest BCUT2D eigenvalue weighted by Crippen LogP contribution is -2.28. The molecule has 3 heteroatoms. The van der Waals surface area contributed by atoms with Crippen LogP contribution in [0.2, 0.25) is 5.02 Å². The van der Waals surface area contributed by atoms with Crippen molar-refractivity contribution in [2.24, 2.45) is 5.92 Å². The van der Waals surface area contributed by atoms with E-state index < -0.39 is 6.10 Å². The van der Waals surface area contributed by atoms with Gasteiger partial charge in [-0.2, -0.15) is 0 Å². The van der Waals surface area contributed by atoms with E-state index in [1.54, 1.807) is 6.92 Å². The zero-order chi connectivity index (χ0) is 13.7. The predicted molar refractivity (Wildman–Crippen MR) is 79.4 cm³/mol. The average Bonchev–Trinajstić information content (AvgIpc) is 2.35. The summed E-state index contributed by atoms with van der Waals surface area (Å²) in [6.45, 7) is 10.3. The van der Waals surface area contributed by atoms with E-state index in [0.29, 0.717) is 5.92 Å². The average molecular weight is 270 g/mol. The lowest BCUT2D eigenvalue weighted by Gasteiger charge is -2.27. The van der Waals surface area contributed by atoms with E-state index in [1.165, 1.54) is 6.42 Å². The van der Waals surface area contributed by atoms with Crippen LogP contribution in [-0.4, -0.2) is 18.2 Å². The summed E-state index contributed by atoms with van der Waals surface area (Å²) in [6, 6.07) is 5.82. The van der Waals surface area contributed by atoms with Crippen molar-refractivity contribution in [3.8, 4) is 0 Å². The van der Waals surface area contributed by atoms with E-state index >= 15 is 0 Å². The molecule has 0 spiro atoms. The quantitative estimate of drug-likeness (QED) is 0.834. The lowest BCUT2D eigenvalue weighted by atomic mass is 10.1. The number of halogens is 1. The Kier molecular flexibility index (Phi) is 5.97. The Balaban J connectivity index is 2.93. The smallest absolute Gasteiger partial charge is 0.0762 e. The summed E-state index contributed by atoms with van der Waals surface area (Å²) < 4.78 is 0. The number of anilines is 1. The SMILES string of the molecule is CCC(C)CN(CC)c1ccc([C@H](C)O)cc1Cl. The van der Waals surface area contributed by atoms with Crippen molar-refractivity contribution in [3.05, 3.63) is 28.8 Å². The highest BCUT2D eigenvalue weighted by Gasteiger charge is 2.13. The van der Waals surface area contributed by atoms with Crippen LogP contribution in [0.1, 0.15) is 45.8 Å². The molecule has 18 heavy (non-hydrogen) atoms. The molecule has 0 bridgehead atoms. The predicted octanol–water partition coefficient (Wildman–Crippen LogP) is 4.27. The van der Waals surface area contributed by atoms with E-state index in [2.05, 4.69) is 25.7 Å². The van der Waals surface area contributed by atoms with Crippen LogP contribution in [0.15, 0.2) is 18.2 Å². The molecule has 0 heterocycles. The van der Waals surface area contributed by atoms with E-state index in [-0.39, 0.29) is 0 Å². The van der Waals surface area contributed by atoms with Gasteiger partial charge in [0.15, 0.2) is 0 Å². The number of rotatable bonds is 6. The maximum Gasteiger partial charge on any atom is 0.0762 e. The highest BCUT2D eigenvalue weighted by Crippen LogP contribution is 2.29. The molecule has 0 aliphatic rings. The van der Waals surface area contributed by atoms with Crippen LogP contribution in [0.4, 0.5) is 5.69 Å². The van der Waals surface area contributed by atoms with Crippen molar-refractivity contribution in [2.75, 3.05) is 18.0 Å². The lowest BCUT2D eigenvalue weighted by molar-refractivity contribution is 0.199. The summed E-state index contributed by atoms with van der Waals surface area (Å²) in [6.07, 6.45) is 0.695. The second-order valence-corrected chi connectivity index (χ2v) is 5.35. The van der Waals surface area contributed by atoms with Crippen molar-refractivity contribution >= 4 is 17.3 Å². The van der Waals surface area contributed by atoms with Crippen molar-refractivity contribution in [1.29, 1.82) is 0 Å². The first-order chi connectivity index (χ1) is 8.49. The molecule has 1 unspecified atom stereocenters. The second-order valence-electron chi connectivity index (χ2n) is 4.94. The number of aliphatic hydroxyl groups is 1. The van der Waals surface area contributed by atoms with Crippen LogP contribution in [-0.2, 0) is 0 Å². The summed E-state index contributed by atoms with van der Waals surface area (Å²) >= 11 is 6.32. The molecular weight excluding hydrogens is 246 g/mol. The molecular formula is C15H24ClNO. The first-order valence-corrected chi connectivity index (χ1v) is 7.09. The van der Waals surface area contributed by atoms with Crippen LogP contribution in [0.5, 0.6) is 0 Å². The number of benzene rings is 1. The third kappa shape index (κ3) is 3.89. The molecule has 1 N–H and O–H groups in total. The van der Waals surface area contributed by atoms with E-state index in [1.807, 2.05) is 18.2 Å². The molecule has 0 aromatic heterocycles. The van der Waals surface area contributed by atoms with Crippen molar-refractivity contribution in [3.63, 3.8) is 0 Å². The van der Waals surface area contributed by atoms with Gasteiger partial charge in [0.1, 0.15) is 0 Å². The number of hydrogen-bond donors (Lipinski definition) is 1. The summed E-state index contributed by atoms with van der Waals surface area (Å²) in [5, 5.41) is 10.3. The number of aliphatic hydroxyl groups excluding tert-OH is 1. The van der Waals surface area contributed by atoms with Gasteiger partial charge in [-0.05, 0) is 37.5 Å². The normalized spacial score (nSPS) is 14.3. The van der Waals surface area contributed by atoms with E-state index in [4.69, 9.17) is 11.6 Å². The third-order valence-corrected chi connectivity index (χ3v) is 3.71. The fourth-order valence-electron chi connectivity index (χ4n) is 1.94. The van der Waals surface area contributed by atoms with Gasteiger partial charge in [-0.1, -0.05) is 37.9 Å². The summed E-state index contributed by atoms with van der Waals surface area (Å²) in [5.41, 5.74) is 1.92. The van der Waals surface area contributed by atoms with Gasteiger partial charge < -0.3 is 10.0 Å². The summed E-state index contributed by atoms with van der Waals surface area (Å²) in [7, 11) is 0.